The lowest BCUT2D eigenvalue weighted by Crippen LogP contribution is -2.24. The van der Waals surface area contributed by atoms with Crippen molar-refractivity contribution in [1.29, 1.82) is 5.26 Å². The number of anilines is 2. The van der Waals surface area contributed by atoms with Crippen molar-refractivity contribution in [2.24, 2.45) is 0 Å². The van der Waals surface area contributed by atoms with E-state index in [0.29, 0.717) is 11.5 Å². The molecule has 0 spiro atoms. The lowest BCUT2D eigenvalue weighted by Gasteiger charge is -2.20. The number of benzene rings is 1. The topological polar surface area (TPSA) is 73.6 Å². The fraction of sp³-hybridized carbons (Fsp3) is 0.214. The first-order valence-electron chi connectivity index (χ1n) is 6.17. The molecule has 3 rings (SSSR count). The van der Waals surface area contributed by atoms with Crippen molar-refractivity contribution in [2.75, 3.05) is 11.9 Å². The summed E-state index contributed by atoms with van der Waals surface area (Å²) in [5.41, 5.74) is 4.04. The first kappa shape index (κ1) is 11.6. The highest BCUT2D eigenvalue weighted by atomic mass is 15.0. The molecule has 1 aliphatic heterocycles. The summed E-state index contributed by atoms with van der Waals surface area (Å²) in [6.07, 6.45) is 4.06. The summed E-state index contributed by atoms with van der Waals surface area (Å²) in [7, 11) is 0. The Hall–Kier alpha value is -2.45. The highest BCUT2D eigenvalue weighted by Crippen LogP contribution is 2.25. The Kier molecular flexibility index (Phi) is 3.09. The molecule has 19 heavy (non-hydrogen) atoms. The van der Waals surface area contributed by atoms with Crippen LogP contribution in [-0.4, -0.2) is 16.5 Å². The second-order valence-electron chi connectivity index (χ2n) is 4.39. The van der Waals surface area contributed by atoms with Crippen molar-refractivity contribution in [3.05, 3.63) is 47.4 Å². The molecule has 1 aromatic carbocycles. The number of hydrogen-bond donors (Lipinski definition) is 2. The van der Waals surface area contributed by atoms with Crippen LogP contribution in [0.2, 0.25) is 0 Å². The van der Waals surface area contributed by atoms with Crippen LogP contribution in [0.5, 0.6) is 0 Å². The standard InChI is InChI=1S/C14H13N5/c15-6-11-8-18-14(9-17-11)19-13-3-1-2-10-7-16-5-4-12(10)13/h1-3,8-9,16H,4-5,7H2,(H,18,19). The number of hydrogen-bond acceptors (Lipinski definition) is 5. The van der Waals surface area contributed by atoms with Gasteiger partial charge in [-0.05, 0) is 30.2 Å². The molecule has 0 radical (unpaired) electrons. The molecule has 0 fully saturated rings. The Morgan fingerprint density at radius 1 is 1.26 bits per heavy atom. The van der Waals surface area contributed by atoms with E-state index < -0.39 is 0 Å². The van der Waals surface area contributed by atoms with Gasteiger partial charge in [-0.2, -0.15) is 5.26 Å². The number of aromatic nitrogens is 2. The second-order valence-corrected chi connectivity index (χ2v) is 4.39. The van der Waals surface area contributed by atoms with E-state index in [1.54, 1.807) is 6.20 Å². The van der Waals surface area contributed by atoms with Gasteiger partial charge in [0, 0.05) is 12.2 Å². The van der Waals surface area contributed by atoms with Crippen LogP contribution < -0.4 is 10.6 Å². The molecule has 5 nitrogen and oxygen atoms in total. The second kappa shape index (κ2) is 5.04. The normalized spacial score (nSPS) is 13.4. The van der Waals surface area contributed by atoms with Crippen LogP contribution in [0.1, 0.15) is 16.8 Å². The maximum absolute atomic E-state index is 8.70. The molecule has 0 saturated carbocycles. The quantitative estimate of drug-likeness (QED) is 0.850. The van der Waals surface area contributed by atoms with Crippen molar-refractivity contribution in [3.8, 4) is 6.07 Å². The van der Waals surface area contributed by atoms with Gasteiger partial charge in [0.05, 0.1) is 12.4 Å². The maximum Gasteiger partial charge on any atom is 0.158 e. The predicted octanol–water partition coefficient (Wildman–Crippen LogP) is 1.74. The number of nitriles is 1. The van der Waals surface area contributed by atoms with E-state index in [4.69, 9.17) is 5.26 Å². The summed E-state index contributed by atoms with van der Waals surface area (Å²) in [6, 6.07) is 8.17. The minimum atomic E-state index is 0.324. The van der Waals surface area contributed by atoms with E-state index in [9.17, 15) is 0 Å². The summed E-state index contributed by atoms with van der Waals surface area (Å²) >= 11 is 0. The summed E-state index contributed by atoms with van der Waals surface area (Å²) in [5.74, 6) is 0.658. The van der Waals surface area contributed by atoms with Gasteiger partial charge in [0.15, 0.2) is 5.69 Å². The highest BCUT2D eigenvalue weighted by molar-refractivity contribution is 5.62. The van der Waals surface area contributed by atoms with E-state index in [1.165, 1.54) is 17.3 Å². The molecule has 0 saturated heterocycles. The van der Waals surface area contributed by atoms with Gasteiger partial charge in [0.2, 0.25) is 0 Å². The zero-order chi connectivity index (χ0) is 13.1. The number of nitrogens with one attached hydrogen (secondary N) is 2. The van der Waals surface area contributed by atoms with Crippen molar-refractivity contribution >= 4 is 11.5 Å². The highest BCUT2D eigenvalue weighted by Gasteiger charge is 2.12. The Morgan fingerprint density at radius 3 is 3.00 bits per heavy atom. The van der Waals surface area contributed by atoms with Crippen LogP contribution in [0, 0.1) is 11.3 Å². The summed E-state index contributed by atoms with van der Waals surface area (Å²) in [4.78, 5) is 8.19. The van der Waals surface area contributed by atoms with Crippen molar-refractivity contribution in [1.82, 2.24) is 15.3 Å². The van der Waals surface area contributed by atoms with Crippen LogP contribution in [0.15, 0.2) is 30.6 Å². The van der Waals surface area contributed by atoms with Gasteiger partial charge < -0.3 is 10.6 Å². The molecule has 5 heteroatoms. The van der Waals surface area contributed by atoms with Crippen molar-refractivity contribution in [3.63, 3.8) is 0 Å². The van der Waals surface area contributed by atoms with Crippen molar-refractivity contribution in [2.45, 2.75) is 13.0 Å². The maximum atomic E-state index is 8.70. The van der Waals surface area contributed by atoms with Crippen LogP contribution >= 0.6 is 0 Å². The molecule has 2 aromatic rings. The molecule has 0 amide bonds. The Labute approximate surface area is 111 Å². The third kappa shape index (κ3) is 2.39. The summed E-state index contributed by atoms with van der Waals surface area (Å²) < 4.78 is 0. The Bertz CT molecular complexity index is 627. The van der Waals surface area contributed by atoms with E-state index in [0.717, 1.165) is 25.2 Å². The molecule has 1 aromatic heterocycles. The smallest absolute Gasteiger partial charge is 0.158 e. The van der Waals surface area contributed by atoms with Crippen molar-refractivity contribution < 1.29 is 0 Å². The van der Waals surface area contributed by atoms with Gasteiger partial charge in [-0.3, -0.25) is 0 Å². The lowest BCUT2D eigenvalue weighted by atomic mass is 9.99. The van der Waals surface area contributed by atoms with Crippen LogP contribution in [0.4, 0.5) is 11.5 Å². The van der Waals surface area contributed by atoms with Gasteiger partial charge in [-0.25, -0.2) is 9.97 Å². The average Bonchev–Trinajstić information content (AvgIpc) is 2.48. The lowest BCUT2D eigenvalue weighted by molar-refractivity contribution is 0.645. The summed E-state index contributed by atoms with van der Waals surface area (Å²) in [5, 5.41) is 15.3. The SMILES string of the molecule is N#Cc1cnc(Nc2cccc3c2CCNC3)cn1. The van der Waals surface area contributed by atoms with Crippen LogP contribution in [0.3, 0.4) is 0 Å². The Balaban J connectivity index is 1.88. The van der Waals surface area contributed by atoms with E-state index in [2.05, 4.69) is 26.7 Å². The van der Waals surface area contributed by atoms with Gasteiger partial charge in [-0.1, -0.05) is 12.1 Å². The molecule has 0 aliphatic carbocycles. The molecule has 0 bridgehead atoms. The van der Waals surface area contributed by atoms with Gasteiger partial charge >= 0.3 is 0 Å². The molecule has 2 heterocycles. The molecular formula is C14H13N5. The summed E-state index contributed by atoms with van der Waals surface area (Å²) in [6.45, 7) is 1.90. The third-order valence-corrected chi connectivity index (χ3v) is 3.17. The molecule has 1 aliphatic rings. The van der Waals surface area contributed by atoms with E-state index in [-0.39, 0.29) is 0 Å². The number of nitrogens with zero attached hydrogens (tertiary/aromatic N) is 3. The van der Waals surface area contributed by atoms with Gasteiger partial charge in [0.25, 0.3) is 0 Å². The third-order valence-electron chi connectivity index (χ3n) is 3.17. The fourth-order valence-electron chi connectivity index (χ4n) is 2.24. The fourth-order valence-corrected chi connectivity index (χ4v) is 2.24. The predicted molar refractivity (Wildman–Crippen MR) is 71.9 cm³/mol. The largest absolute Gasteiger partial charge is 0.339 e. The monoisotopic (exact) mass is 251 g/mol. The average molecular weight is 251 g/mol. The van der Waals surface area contributed by atoms with Crippen LogP contribution in [-0.2, 0) is 13.0 Å². The minimum Gasteiger partial charge on any atom is -0.339 e. The van der Waals surface area contributed by atoms with E-state index in [1.807, 2.05) is 18.2 Å². The number of rotatable bonds is 2. The molecule has 0 unspecified atom stereocenters. The molecule has 0 atom stereocenters. The first-order chi connectivity index (χ1) is 9.36. The molecule has 94 valence electrons. The van der Waals surface area contributed by atoms with Gasteiger partial charge in [-0.15, -0.1) is 0 Å². The minimum absolute atomic E-state index is 0.324. The zero-order valence-corrected chi connectivity index (χ0v) is 10.3. The number of fused-ring (bicyclic) bond motifs is 1. The van der Waals surface area contributed by atoms with Gasteiger partial charge in [0.1, 0.15) is 11.9 Å². The Morgan fingerprint density at radius 2 is 2.21 bits per heavy atom. The molecular weight excluding hydrogens is 238 g/mol. The molecule has 2 N–H and O–H groups in total. The van der Waals surface area contributed by atoms with E-state index >= 15 is 0 Å². The first-order valence-corrected chi connectivity index (χ1v) is 6.17. The van der Waals surface area contributed by atoms with Crippen LogP contribution in [0.25, 0.3) is 0 Å². The zero-order valence-electron chi connectivity index (χ0n) is 10.3.